The maximum absolute atomic E-state index is 11.1. The van der Waals surface area contributed by atoms with E-state index in [1.54, 1.807) is 6.92 Å². The van der Waals surface area contributed by atoms with Gasteiger partial charge in [-0.25, -0.2) is 0 Å². The van der Waals surface area contributed by atoms with Crippen molar-refractivity contribution in [2.24, 2.45) is 0 Å². The van der Waals surface area contributed by atoms with E-state index in [1.165, 1.54) is 6.42 Å². The van der Waals surface area contributed by atoms with Crippen LogP contribution in [0.15, 0.2) is 0 Å². The summed E-state index contributed by atoms with van der Waals surface area (Å²) in [7, 11) is 0. The Kier molecular flexibility index (Phi) is 3.16. The normalized spacial score (nSPS) is 32.1. The van der Waals surface area contributed by atoms with Crippen LogP contribution < -0.4 is 0 Å². The van der Waals surface area contributed by atoms with Gasteiger partial charge >= 0.3 is 0 Å². The van der Waals surface area contributed by atoms with E-state index in [2.05, 4.69) is 29.5 Å². The lowest BCUT2D eigenvalue weighted by molar-refractivity contribution is -0.131. The molecule has 11 heavy (non-hydrogen) atoms. The van der Waals surface area contributed by atoms with Gasteiger partial charge in [-0.2, -0.15) is 0 Å². The second kappa shape index (κ2) is 3.74. The Morgan fingerprint density at radius 1 is 1.55 bits per heavy atom. The average Bonchev–Trinajstić information content (AvgIpc) is 1.94. The molecule has 1 aliphatic heterocycles. The van der Waals surface area contributed by atoms with E-state index in [0.717, 1.165) is 13.0 Å². The number of alkyl halides is 1. The van der Waals surface area contributed by atoms with Crippen LogP contribution in [-0.4, -0.2) is 27.3 Å². The average molecular weight is 267 g/mol. The van der Waals surface area contributed by atoms with Gasteiger partial charge in [0.1, 0.15) is 0 Å². The zero-order chi connectivity index (χ0) is 8.43. The molecule has 2 unspecified atom stereocenters. The first-order valence-corrected chi connectivity index (χ1v) is 5.27. The Bertz CT molecular complexity index is 160. The van der Waals surface area contributed by atoms with Crippen LogP contribution in [0.5, 0.6) is 0 Å². The van der Waals surface area contributed by atoms with Gasteiger partial charge in [0.15, 0.2) is 0 Å². The summed E-state index contributed by atoms with van der Waals surface area (Å²) in [5.41, 5.74) is 0. The third-order valence-corrected chi connectivity index (χ3v) is 3.25. The van der Waals surface area contributed by atoms with Crippen molar-refractivity contribution >= 4 is 28.5 Å². The van der Waals surface area contributed by atoms with Crippen LogP contribution in [-0.2, 0) is 4.79 Å². The van der Waals surface area contributed by atoms with Crippen LogP contribution >= 0.6 is 22.6 Å². The van der Waals surface area contributed by atoms with Gasteiger partial charge in [0.2, 0.25) is 5.91 Å². The molecular formula is C8H14INO. The fourth-order valence-corrected chi connectivity index (χ4v) is 2.29. The zero-order valence-electron chi connectivity index (χ0n) is 7.01. The van der Waals surface area contributed by atoms with Gasteiger partial charge in [-0.05, 0) is 19.8 Å². The maximum Gasteiger partial charge on any atom is 0.219 e. The Morgan fingerprint density at radius 2 is 2.18 bits per heavy atom. The largest absolute Gasteiger partial charge is 0.339 e. The smallest absolute Gasteiger partial charge is 0.219 e. The SMILES string of the molecule is CC(=O)N1CC(I)CCC1C. The lowest BCUT2D eigenvalue weighted by Crippen LogP contribution is -2.44. The molecule has 0 aromatic rings. The number of amides is 1. The summed E-state index contributed by atoms with van der Waals surface area (Å²) in [6.07, 6.45) is 2.42. The molecule has 0 aromatic carbocycles. The van der Waals surface area contributed by atoms with Crippen molar-refractivity contribution in [3.05, 3.63) is 0 Å². The summed E-state index contributed by atoms with van der Waals surface area (Å²) in [6.45, 7) is 4.73. The van der Waals surface area contributed by atoms with Crippen LogP contribution in [0, 0.1) is 0 Å². The standard InChI is InChI=1S/C8H14INO/c1-6-3-4-8(9)5-10(6)7(2)11/h6,8H,3-5H2,1-2H3. The predicted molar refractivity (Wildman–Crippen MR) is 53.9 cm³/mol. The number of rotatable bonds is 0. The molecule has 0 radical (unpaired) electrons. The van der Waals surface area contributed by atoms with E-state index >= 15 is 0 Å². The molecule has 0 spiro atoms. The number of likely N-dealkylation sites (tertiary alicyclic amines) is 1. The van der Waals surface area contributed by atoms with Gasteiger partial charge in [0, 0.05) is 23.4 Å². The lowest BCUT2D eigenvalue weighted by atomic mass is 10.0. The number of hydrogen-bond acceptors (Lipinski definition) is 1. The van der Waals surface area contributed by atoms with E-state index in [0.29, 0.717) is 9.97 Å². The summed E-state index contributed by atoms with van der Waals surface area (Å²) in [5.74, 6) is 0.221. The summed E-state index contributed by atoms with van der Waals surface area (Å²) < 4.78 is 0.660. The van der Waals surface area contributed by atoms with Gasteiger partial charge < -0.3 is 4.90 Å². The highest BCUT2D eigenvalue weighted by Crippen LogP contribution is 2.22. The minimum atomic E-state index is 0.221. The Labute approximate surface area is 81.5 Å². The van der Waals surface area contributed by atoms with E-state index in [-0.39, 0.29) is 5.91 Å². The topological polar surface area (TPSA) is 20.3 Å². The van der Waals surface area contributed by atoms with Crippen LogP contribution in [0.2, 0.25) is 0 Å². The molecule has 0 bridgehead atoms. The highest BCUT2D eigenvalue weighted by atomic mass is 127. The Morgan fingerprint density at radius 3 is 2.64 bits per heavy atom. The molecular weight excluding hydrogens is 253 g/mol. The predicted octanol–water partition coefficient (Wildman–Crippen LogP) is 1.82. The molecule has 1 saturated heterocycles. The highest BCUT2D eigenvalue weighted by Gasteiger charge is 2.24. The monoisotopic (exact) mass is 267 g/mol. The van der Waals surface area contributed by atoms with E-state index < -0.39 is 0 Å². The van der Waals surface area contributed by atoms with E-state index in [4.69, 9.17) is 0 Å². The van der Waals surface area contributed by atoms with Crippen molar-refractivity contribution in [2.75, 3.05) is 6.54 Å². The molecule has 64 valence electrons. The van der Waals surface area contributed by atoms with Gasteiger partial charge in [-0.15, -0.1) is 0 Å². The number of carbonyl (C=O) groups is 1. The summed E-state index contributed by atoms with van der Waals surface area (Å²) >= 11 is 2.42. The van der Waals surface area contributed by atoms with Gasteiger partial charge in [-0.1, -0.05) is 22.6 Å². The highest BCUT2D eigenvalue weighted by molar-refractivity contribution is 14.1. The van der Waals surface area contributed by atoms with Crippen molar-refractivity contribution < 1.29 is 4.79 Å². The van der Waals surface area contributed by atoms with E-state index in [9.17, 15) is 4.79 Å². The molecule has 2 atom stereocenters. The molecule has 0 saturated carbocycles. The first kappa shape index (κ1) is 9.29. The van der Waals surface area contributed by atoms with Gasteiger partial charge in [0.05, 0.1) is 0 Å². The summed E-state index contributed by atoms with van der Waals surface area (Å²) in [5, 5.41) is 0. The number of nitrogens with zero attached hydrogens (tertiary/aromatic N) is 1. The second-order valence-corrected chi connectivity index (χ2v) is 4.96. The van der Waals surface area contributed by atoms with Crippen molar-refractivity contribution in [1.29, 1.82) is 0 Å². The molecule has 0 N–H and O–H groups in total. The first-order valence-electron chi connectivity index (χ1n) is 4.02. The molecule has 1 rings (SSSR count). The van der Waals surface area contributed by atoms with Gasteiger partial charge in [0.25, 0.3) is 0 Å². The molecule has 2 nitrogen and oxygen atoms in total. The van der Waals surface area contributed by atoms with Crippen molar-refractivity contribution in [1.82, 2.24) is 4.90 Å². The molecule has 1 fully saturated rings. The molecule has 1 heterocycles. The molecule has 1 amide bonds. The number of piperidine rings is 1. The zero-order valence-corrected chi connectivity index (χ0v) is 9.17. The third-order valence-electron chi connectivity index (χ3n) is 2.23. The molecule has 3 heteroatoms. The first-order chi connectivity index (χ1) is 5.11. The number of hydrogen-bond donors (Lipinski definition) is 0. The Balaban J connectivity index is 2.54. The summed E-state index contributed by atoms with van der Waals surface area (Å²) in [4.78, 5) is 13.1. The molecule has 1 aliphatic rings. The van der Waals surface area contributed by atoms with Gasteiger partial charge in [-0.3, -0.25) is 4.79 Å². The minimum absolute atomic E-state index is 0.221. The number of carbonyl (C=O) groups excluding carboxylic acids is 1. The van der Waals surface area contributed by atoms with Crippen LogP contribution in [0.3, 0.4) is 0 Å². The summed E-state index contributed by atoms with van der Waals surface area (Å²) in [6, 6.07) is 0.457. The third kappa shape index (κ3) is 2.32. The number of halogens is 1. The second-order valence-electron chi connectivity index (χ2n) is 3.20. The fourth-order valence-electron chi connectivity index (χ4n) is 1.50. The van der Waals surface area contributed by atoms with Crippen LogP contribution in [0.4, 0.5) is 0 Å². The quantitative estimate of drug-likeness (QED) is 0.484. The van der Waals surface area contributed by atoms with Crippen molar-refractivity contribution in [3.8, 4) is 0 Å². The van der Waals surface area contributed by atoms with Crippen LogP contribution in [0.1, 0.15) is 26.7 Å². The fraction of sp³-hybridized carbons (Fsp3) is 0.875. The van der Waals surface area contributed by atoms with Crippen LogP contribution in [0.25, 0.3) is 0 Å². The van der Waals surface area contributed by atoms with Crippen molar-refractivity contribution in [3.63, 3.8) is 0 Å². The molecule has 0 aliphatic carbocycles. The van der Waals surface area contributed by atoms with Crippen molar-refractivity contribution in [2.45, 2.75) is 36.7 Å². The minimum Gasteiger partial charge on any atom is -0.339 e. The Hall–Kier alpha value is 0.200. The molecule has 0 aromatic heterocycles. The van der Waals surface area contributed by atoms with E-state index in [1.807, 2.05) is 4.90 Å². The lowest BCUT2D eigenvalue weighted by Gasteiger charge is -2.35. The maximum atomic E-state index is 11.1.